The highest BCUT2D eigenvalue weighted by molar-refractivity contribution is 5.33. The maximum absolute atomic E-state index is 8.75. The van der Waals surface area contributed by atoms with Crippen molar-refractivity contribution in [2.45, 2.75) is 19.4 Å². The number of benzene rings is 1. The van der Waals surface area contributed by atoms with E-state index in [0.29, 0.717) is 19.4 Å². The first-order valence-corrected chi connectivity index (χ1v) is 5.50. The Balaban J connectivity index is 2.28. The van der Waals surface area contributed by atoms with Crippen molar-refractivity contribution in [2.75, 3.05) is 0 Å². The monoisotopic (exact) mass is 237 g/mol. The Morgan fingerprint density at radius 3 is 2.11 bits per heavy atom. The van der Waals surface area contributed by atoms with Gasteiger partial charge in [0, 0.05) is 0 Å². The van der Waals surface area contributed by atoms with Crippen LogP contribution in [0.5, 0.6) is 0 Å². The van der Waals surface area contributed by atoms with E-state index in [1.54, 1.807) is 11.0 Å². The zero-order valence-corrected chi connectivity index (χ0v) is 9.74. The van der Waals surface area contributed by atoms with Gasteiger partial charge in [-0.1, -0.05) is 18.2 Å². The fraction of sp³-hybridized carbons (Fsp3) is 0.231. The molecular formula is C13H11N5. The fourth-order valence-electron chi connectivity index (χ4n) is 1.82. The Morgan fingerprint density at radius 2 is 1.61 bits per heavy atom. The summed E-state index contributed by atoms with van der Waals surface area (Å²) in [6, 6.07) is 10.1. The Bertz CT molecular complexity index is 567. The maximum Gasteiger partial charge on any atom is 0.137 e. The Hall–Kier alpha value is -2.66. The summed E-state index contributed by atoms with van der Waals surface area (Å²) in [6.07, 6.45) is 3.82. The van der Waals surface area contributed by atoms with Gasteiger partial charge in [-0.05, 0) is 16.7 Å². The van der Waals surface area contributed by atoms with Gasteiger partial charge in [0.05, 0.1) is 31.5 Å². The third-order valence-corrected chi connectivity index (χ3v) is 2.49. The van der Waals surface area contributed by atoms with Gasteiger partial charge in [0.2, 0.25) is 0 Å². The van der Waals surface area contributed by atoms with E-state index in [1.807, 2.05) is 18.2 Å². The van der Waals surface area contributed by atoms with Crippen molar-refractivity contribution in [3.8, 4) is 12.1 Å². The zero-order valence-electron chi connectivity index (χ0n) is 9.74. The molecule has 0 atom stereocenters. The highest BCUT2D eigenvalue weighted by Gasteiger charge is 2.02. The van der Waals surface area contributed by atoms with E-state index >= 15 is 0 Å². The Morgan fingerprint density at radius 1 is 1.00 bits per heavy atom. The minimum Gasteiger partial charge on any atom is -0.249 e. The van der Waals surface area contributed by atoms with Crippen molar-refractivity contribution in [2.24, 2.45) is 0 Å². The van der Waals surface area contributed by atoms with Crippen molar-refractivity contribution < 1.29 is 0 Å². The van der Waals surface area contributed by atoms with Crippen molar-refractivity contribution in [1.82, 2.24) is 14.8 Å². The van der Waals surface area contributed by atoms with Crippen LogP contribution in [-0.2, 0) is 19.4 Å². The number of rotatable bonds is 4. The van der Waals surface area contributed by atoms with E-state index in [9.17, 15) is 0 Å². The van der Waals surface area contributed by atoms with E-state index in [4.69, 9.17) is 10.5 Å². The molecule has 88 valence electrons. The summed E-state index contributed by atoms with van der Waals surface area (Å²) in [7, 11) is 0. The van der Waals surface area contributed by atoms with Crippen molar-refractivity contribution in [3.05, 3.63) is 47.5 Å². The number of nitriles is 2. The van der Waals surface area contributed by atoms with Gasteiger partial charge in [-0.2, -0.15) is 15.6 Å². The molecule has 0 amide bonds. The first-order chi connectivity index (χ1) is 8.81. The predicted molar refractivity (Wildman–Crippen MR) is 64.2 cm³/mol. The molecule has 0 aliphatic carbocycles. The van der Waals surface area contributed by atoms with Crippen LogP contribution in [0.25, 0.3) is 0 Å². The number of hydrogen-bond acceptors (Lipinski definition) is 4. The van der Waals surface area contributed by atoms with Crippen LogP contribution in [0.1, 0.15) is 16.7 Å². The number of hydrogen-bond donors (Lipinski definition) is 0. The third kappa shape index (κ3) is 2.93. The molecule has 0 N–H and O–H groups in total. The van der Waals surface area contributed by atoms with Crippen molar-refractivity contribution >= 4 is 0 Å². The molecule has 5 nitrogen and oxygen atoms in total. The summed E-state index contributed by atoms with van der Waals surface area (Å²) in [5, 5.41) is 21.5. The lowest BCUT2D eigenvalue weighted by molar-refractivity contribution is 0.684. The summed E-state index contributed by atoms with van der Waals surface area (Å²) in [6.45, 7) is 0.595. The molecule has 18 heavy (non-hydrogen) atoms. The van der Waals surface area contributed by atoms with Crippen LogP contribution in [0.3, 0.4) is 0 Å². The molecule has 1 heterocycles. The fourth-order valence-corrected chi connectivity index (χ4v) is 1.82. The summed E-state index contributed by atoms with van der Waals surface area (Å²) >= 11 is 0. The van der Waals surface area contributed by atoms with Crippen LogP contribution >= 0.6 is 0 Å². The van der Waals surface area contributed by atoms with Crippen LogP contribution < -0.4 is 0 Å². The van der Waals surface area contributed by atoms with Crippen molar-refractivity contribution in [3.63, 3.8) is 0 Å². The smallest absolute Gasteiger partial charge is 0.137 e. The van der Waals surface area contributed by atoms with Gasteiger partial charge in [-0.15, -0.1) is 0 Å². The lowest BCUT2D eigenvalue weighted by atomic mass is 10.0. The lowest BCUT2D eigenvalue weighted by Crippen LogP contribution is -2.02. The average Bonchev–Trinajstić information content (AvgIpc) is 2.82. The third-order valence-electron chi connectivity index (χ3n) is 2.49. The summed E-state index contributed by atoms with van der Waals surface area (Å²) in [5.41, 5.74) is 2.89. The molecule has 0 saturated heterocycles. The van der Waals surface area contributed by atoms with Crippen LogP contribution in [0, 0.1) is 22.7 Å². The molecule has 0 saturated carbocycles. The van der Waals surface area contributed by atoms with Gasteiger partial charge < -0.3 is 0 Å². The first kappa shape index (κ1) is 11.8. The van der Waals surface area contributed by atoms with Crippen molar-refractivity contribution in [1.29, 1.82) is 10.5 Å². The van der Waals surface area contributed by atoms with Crippen LogP contribution in [-0.4, -0.2) is 14.8 Å². The molecule has 1 aromatic heterocycles. The second kappa shape index (κ2) is 5.60. The molecule has 0 aliphatic heterocycles. The van der Waals surface area contributed by atoms with E-state index in [-0.39, 0.29) is 0 Å². The highest BCUT2D eigenvalue weighted by atomic mass is 15.3. The largest absolute Gasteiger partial charge is 0.249 e. The molecule has 0 spiro atoms. The molecule has 0 aliphatic rings. The van der Waals surface area contributed by atoms with Gasteiger partial charge in [-0.3, -0.25) is 0 Å². The maximum atomic E-state index is 8.75. The Labute approximate surface area is 105 Å². The van der Waals surface area contributed by atoms with E-state index in [2.05, 4.69) is 22.2 Å². The first-order valence-electron chi connectivity index (χ1n) is 5.50. The molecule has 0 radical (unpaired) electrons. The van der Waals surface area contributed by atoms with Gasteiger partial charge in [0.25, 0.3) is 0 Å². The Kier molecular flexibility index (Phi) is 3.68. The van der Waals surface area contributed by atoms with E-state index in [1.165, 1.54) is 6.33 Å². The summed E-state index contributed by atoms with van der Waals surface area (Å²) < 4.78 is 1.71. The van der Waals surface area contributed by atoms with Gasteiger partial charge in [0.1, 0.15) is 12.7 Å². The molecule has 2 aromatic rings. The summed E-state index contributed by atoms with van der Waals surface area (Å²) in [5.74, 6) is 0. The normalized spacial score (nSPS) is 9.67. The molecule has 0 bridgehead atoms. The average molecular weight is 237 g/mol. The molecule has 2 rings (SSSR count). The second-order valence-corrected chi connectivity index (χ2v) is 3.92. The van der Waals surface area contributed by atoms with Crippen LogP contribution in [0.2, 0.25) is 0 Å². The second-order valence-electron chi connectivity index (χ2n) is 3.92. The molecular weight excluding hydrogens is 226 g/mol. The van der Waals surface area contributed by atoms with Crippen LogP contribution in [0.4, 0.5) is 0 Å². The minimum atomic E-state index is 0.351. The molecule has 1 aromatic carbocycles. The van der Waals surface area contributed by atoms with E-state index < -0.39 is 0 Å². The summed E-state index contributed by atoms with van der Waals surface area (Å²) in [4.78, 5) is 3.88. The lowest BCUT2D eigenvalue weighted by Gasteiger charge is -2.06. The highest BCUT2D eigenvalue weighted by Crippen LogP contribution is 2.12. The topological polar surface area (TPSA) is 78.3 Å². The SMILES string of the molecule is N#CCc1cc(CC#N)cc(Cn2cncn2)c1. The number of nitrogens with zero attached hydrogens (tertiary/aromatic N) is 5. The van der Waals surface area contributed by atoms with Gasteiger partial charge in [0.15, 0.2) is 0 Å². The standard InChI is InChI=1S/C13H11N5/c14-3-1-11-5-12(2-4-15)7-13(6-11)8-18-10-16-9-17-18/h5-7,9-10H,1-2,8H2. The minimum absolute atomic E-state index is 0.351. The molecule has 5 heteroatoms. The zero-order chi connectivity index (χ0) is 12.8. The number of aromatic nitrogens is 3. The van der Waals surface area contributed by atoms with E-state index in [0.717, 1.165) is 16.7 Å². The van der Waals surface area contributed by atoms with Crippen LogP contribution in [0.15, 0.2) is 30.9 Å². The predicted octanol–water partition coefficient (Wildman–Crippen LogP) is 1.46. The van der Waals surface area contributed by atoms with Gasteiger partial charge in [-0.25, -0.2) is 9.67 Å². The molecule has 0 unspecified atom stereocenters. The quantitative estimate of drug-likeness (QED) is 0.806. The van der Waals surface area contributed by atoms with Gasteiger partial charge >= 0.3 is 0 Å². The molecule has 0 fully saturated rings.